The van der Waals surface area contributed by atoms with Crippen LogP contribution < -0.4 is 20.7 Å². The molecule has 0 amide bonds. The maximum Gasteiger partial charge on any atom is 0.343 e. The summed E-state index contributed by atoms with van der Waals surface area (Å²) in [5.41, 5.74) is 7.61. The minimum Gasteiger partial charge on any atom is -0.489 e. The minimum absolute atomic E-state index is 0.165. The number of guanidine groups is 1. The fourth-order valence-corrected chi connectivity index (χ4v) is 3.12. The molecule has 1 aliphatic heterocycles. The van der Waals surface area contributed by atoms with Gasteiger partial charge >= 0.3 is 5.97 Å². The average Bonchev–Trinajstić information content (AvgIpc) is 2.91. The molecule has 0 fully saturated rings. The number of fused-ring (bicyclic) bond motifs is 1. The molecule has 29 heavy (non-hydrogen) atoms. The van der Waals surface area contributed by atoms with E-state index in [1.54, 1.807) is 29.8 Å². The number of Topliss-reactive ketones (excluding diaryl/α,β-unsaturated/α-hetero) is 1. The Bertz CT molecular complexity index is 927. The Morgan fingerprint density at radius 3 is 2.79 bits per heavy atom. The number of rotatable bonds is 9. The van der Waals surface area contributed by atoms with Gasteiger partial charge in [0.05, 0.1) is 19.5 Å². The number of benzene rings is 1. The number of para-hydroxylation sites is 1. The highest BCUT2D eigenvalue weighted by atomic mass is 32.2. The highest BCUT2D eigenvalue weighted by Crippen LogP contribution is 2.35. The molecule has 4 N–H and O–H groups in total. The van der Waals surface area contributed by atoms with E-state index in [1.807, 2.05) is 0 Å². The van der Waals surface area contributed by atoms with Gasteiger partial charge in [-0.15, -0.1) is 4.28 Å². The summed E-state index contributed by atoms with van der Waals surface area (Å²) in [5.74, 6) is -1.50. The molecule has 0 saturated carbocycles. The highest BCUT2D eigenvalue weighted by Gasteiger charge is 2.21. The fourth-order valence-electron chi connectivity index (χ4n) is 2.38. The van der Waals surface area contributed by atoms with Gasteiger partial charge in [-0.1, -0.05) is 12.1 Å². The quantitative estimate of drug-likeness (QED) is 0.213. The van der Waals surface area contributed by atoms with E-state index in [4.69, 9.17) is 20.6 Å². The fraction of sp³-hybridized carbons (Fsp3) is 0.353. The molecule has 0 radical (unpaired) electrons. The normalized spacial score (nSPS) is 13.2. The summed E-state index contributed by atoms with van der Waals surface area (Å²) in [4.78, 5) is 23.7. The zero-order valence-electron chi connectivity index (χ0n) is 15.6. The largest absolute Gasteiger partial charge is 0.489 e. The Labute approximate surface area is 167 Å². The number of carbonyl (C=O) groups excluding carboxylic acids is 2. The number of nitrogens with one attached hydrogen (secondary N) is 2. The van der Waals surface area contributed by atoms with Gasteiger partial charge in [0.25, 0.3) is 10.1 Å². The first-order chi connectivity index (χ1) is 13.7. The van der Waals surface area contributed by atoms with Crippen LogP contribution in [0.25, 0.3) is 6.08 Å². The van der Waals surface area contributed by atoms with Gasteiger partial charge in [-0.2, -0.15) is 8.42 Å². The highest BCUT2D eigenvalue weighted by molar-refractivity contribution is 7.86. The van der Waals surface area contributed by atoms with Gasteiger partial charge in [-0.3, -0.25) is 10.2 Å². The van der Waals surface area contributed by atoms with Crippen molar-refractivity contribution in [3.05, 3.63) is 29.3 Å². The molecule has 11 nitrogen and oxygen atoms in total. The van der Waals surface area contributed by atoms with Gasteiger partial charge in [0.1, 0.15) is 0 Å². The van der Waals surface area contributed by atoms with Gasteiger partial charge in [-0.25, -0.2) is 10.3 Å². The van der Waals surface area contributed by atoms with Crippen molar-refractivity contribution in [2.75, 3.05) is 26.1 Å². The molecule has 1 aliphatic rings. The summed E-state index contributed by atoms with van der Waals surface area (Å²) >= 11 is 0. The molecule has 0 saturated heterocycles. The number of hydrogen-bond acceptors (Lipinski definition) is 9. The second-order valence-electron chi connectivity index (χ2n) is 5.84. The smallest absolute Gasteiger partial charge is 0.343 e. The van der Waals surface area contributed by atoms with E-state index in [0.717, 1.165) is 0 Å². The van der Waals surface area contributed by atoms with E-state index in [9.17, 15) is 18.0 Å². The molecule has 12 heteroatoms. The lowest BCUT2D eigenvalue weighted by Crippen LogP contribution is -2.33. The zero-order valence-corrected chi connectivity index (χ0v) is 16.4. The Hall–Kier alpha value is -3.12. The summed E-state index contributed by atoms with van der Waals surface area (Å²) in [6.07, 6.45) is 1.54. The topological polar surface area (TPSA) is 167 Å². The SMILES string of the molecule is COC(=O)COc1cccc2c1OCCC(C(=O)CCS(=O)(=O)ONC(=N)N)=C2. The molecule has 0 spiro atoms. The van der Waals surface area contributed by atoms with E-state index < -0.39 is 33.6 Å². The zero-order chi connectivity index (χ0) is 21.4. The Morgan fingerprint density at radius 1 is 1.34 bits per heavy atom. The Kier molecular flexibility index (Phi) is 7.56. The maximum absolute atomic E-state index is 12.5. The summed E-state index contributed by atoms with van der Waals surface area (Å²) in [6, 6.07) is 4.99. The van der Waals surface area contributed by atoms with Crippen molar-refractivity contribution >= 4 is 33.9 Å². The van der Waals surface area contributed by atoms with E-state index in [0.29, 0.717) is 22.6 Å². The lowest BCUT2D eigenvalue weighted by atomic mass is 10.0. The molecule has 0 aromatic heterocycles. The third-order valence-electron chi connectivity index (χ3n) is 3.75. The van der Waals surface area contributed by atoms with E-state index in [2.05, 4.69) is 9.02 Å². The first-order valence-electron chi connectivity index (χ1n) is 8.42. The molecule has 0 atom stereocenters. The van der Waals surface area contributed by atoms with Crippen LogP contribution in [0, 0.1) is 5.41 Å². The Morgan fingerprint density at radius 2 is 2.10 bits per heavy atom. The van der Waals surface area contributed by atoms with Gasteiger partial charge in [0.2, 0.25) is 5.96 Å². The number of hydrogen-bond donors (Lipinski definition) is 3. The van der Waals surface area contributed by atoms with E-state index in [1.165, 1.54) is 7.11 Å². The van der Waals surface area contributed by atoms with Crippen molar-refractivity contribution in [2.45, 2.75) is 12.8 Å². The van der Waals surface area contributed by atoms with Crippen molar-refractivity contribution in [1.29, 1.82) is 5.41 Å². The minimum atomic E-state index is -4.08. The number of ketones is 1. The van der Waals surface area contributed by atoms with Crippen LogP contribution >= 0.6 is 0 Å². The molecule has 1 aromatic rings. The summed E-state index contributed by atoms with van der Waals surface area (Å²) in [7, 11) is -2.83. The van der Waals surface area contributed by atoms with Crippen molar-refractivity contribution in [3.8, 4) is 11.5 Å². The number of ether oxygens (including phenoxy) is 3. The van der Waals surface area contributed by atoms with Crippen molar-refractivity contribution in [3.63, 3.8) is 0 Å². The second kappa shape index (κ2) is 9.89. The predicted molar refractivity (Wildman–Crippen MR) is 102 cm³/mol. The van der Waals surface area contributed by atoms with Crippen molar-refractivity contribution in [1.82, 2.24) is 5.48 Å². The van der Waals surface area contributed by atoms with Crippen LogP contribution in [0.3, 0.4) is 0 Å². The predicted octanol–water partition coefficient (Wildman–Crippen LogP) is 0.108. The summed E-state index contributed by atoms with van der Waals surface area (Å²) < 4.78 is 43.3. The number of carbonyl (C=O) groups is 2. The van der Waals surface area contributed by atoms with Crippen LogP contribution in [0.1, 0.15) is 18.4 Å². The number of nitrogens with two attached hydrogens (primary N) is 1. The molecule has 0 aliphatic carbocycles. The van der Waals surface area contributed by atoms with E-state index in [-0.39, 0.29) is 26.1 Å². The molecule has 0 bridgehead atoms. The van der Waals surface area contributed by atoms with Gasteiger partial charge in [0.15, 0.2) is 23.9 Å². The summed E-state index contributed by atoms with van der Waals surface area (Å²) in [6.45, 7) is -0.129. The van der Waals surface area contributed by atoms with Crippen molar-refractivity contribution < 1.29 is 36.5 Å². The monoisotopic (exact) mass is 427 g/mol. The van der Waals surface area contributed by atoms with Gasteiger partial charge in [-0.05, 0) is 17.7 Å². The summed E-state index contributed by atoms with van der Waals surface area (Å²) in [5, 5.41) is 6.88. The van der Waals surface area contributed by atoms with Gasteiger partial charge < -0.3 is 19.9 Å². The third-order valence-corrected chi connectivity index (χ3v) is 4.79. The maximum atomic E-state index is 12.5. The lowest BCUT2D eigenvalue weighted by Gasteiger charge is -2.12. The molecular weight excluding hydrogens is 406 g/mol. The van der Waals surface area contributed by atoms with Crippen LogP contribution in [0.5, 0.6) is 11.5 Å². The van der Waals surface area contributed by atoms with Crippen LogP contribution in [0.4, 0.5) is 0 Å². The van der Waals surface area contributed by atoms with Crippen LogP contribution in [-0.2, 0) is 28.7 Å². The molecule has 158 valence electrons. The average molecular weight is 427 g/mol. The first kappa shape index (κ1) is 22.2. The van der Waals surface area contributed by atoms with Crippen molar-refractivity contribution in [2.24, 2.45) is 5.73 Å². The number of hydroxylamine groups is 1. The molecular formula is C17H21N3O8S. The second-order valence-corrected chi connectivity index (χ2v) is 7.53. The van der Waals surface area contributed by atoms with Crippen LogP contribution in [0.2, 0.25) is 0 Å². The number of methoxy groups -OCH3 is 1. The van der Waals surface area contributed by atoms with Crippen LogP contribution in [0.15, 0.2) is 23.8 Å². The Balaban J connectivity index is 2.09. The standard InChI is InChI=1S/C17H21N3O8S/c1-25-15(22)10-27-14-4-2-3-12-9-11(5-7-26-16(12)14)13(21)6-8-29(23,24)28-20-17(18)19/h2-4,9H,5-8,10H2,1H3,(H4,18,19,20). The first-order valence-corrected chi connectivity index (χ1v) is 10.00. The molecule has 2 rings (SSSR count). The molecule has 0 unspecified atom stereocenters. The molecule has 1 heterocycles. The number of esters is 1. The van der Waals surface area contributed by atoms with E-state index >= 15 is 0 Å². The lowest BCUT2D eigenvalue weighted by molar-refractivity contribution is -0.142. The van der Waals surface area contributed by atoms with Gasteiger partial charge in [0, 0.05) is 18.4 Å². The van der Waals surface area contributed by atoms with Crippen LogP contribution in [-0.4, -0.2) is 52.2 Å². The third kappa shape index (κ3) is 6.76. The molecule has 1 aromatic carbocycles.